The predicted octanol–water partition coefficient (Wildman–Crippen LogP) is 8.96. The fourth-order valence-corrected chi connectivity index (χ4v) is 4.06. The lowest BCUT2D eigenvalue weighted by Crippen LogP contribution is -2.11. The minimum absolute atomic E-state index is 0.266. The monoisotopic (exact) mass is 536 g/mol. The number of esters is 2. The summed E-state index contributed by atoms with van der Waals surface area (Å²) in [6.45, 7) is 11.1. The van der Waals surface area contributed by atoms with E-state index in [1.807, 2.05) is 36.4 Å². The highest BCUT2D eigenvalue weighted by atomic mass is 16.5. The van der Waals surface area contributed by atoms with Crippen molar-refractivity contribution in [1.29, 1.82) is 0 Å². The molecule has 0 saturated heterocycles. The number of hydrogen-bond donors (Lipinski definition) is 0. The highest BCUT2D eigenvalue weighted by Gasteiger charge is 2.09. The Bertz CT molecular complexity index is 978. The normalized spacial score (nSPS) is 11.6. The first-order valence-electron chi connectivity index (χ1n) is 14.7. The molecule has 0 saturated carbocycles. The smallest absolute Gasteiger partial charge is 0.338 e. The van der Waals surface area contributed by atoms with E-state index in [4.69, 9.17) is 14.2 Å². The Morgan fingerprint density at radius 3 is 1.72 bits per heavy atom. The maximum atomic E-state index is 12.2. The first kappa shape index (κ1) is 32.1. The average molecular weight is 537 g/mol. The Hall–Kier alpha value is -3.08. The van der Waals surface area contributed by atoms with E-state index in [2.05, 4.69) is 32.6 Å². The number of rotatable bonds is 20. The van der Waals surface area contributed by atoms with Gasteiger partial charge < -0.3 is 14.2 Å². The van der Waals surface area contributed by atoms with Crippen molar-refractivity contribution in [3.05, 3.63) is 66.2 Å². The quantitative estimate of drug-likeness (QED) is 0.0960. The number of benzene rings is 2. The lowest BCUT2D eigenvalue weighted by Gasteiger charge is -2.10. The highest BCUT2D eigenvalue weighted by molar-refractivity contribution is 5.90. The first-order chi connectivity index (χ1) is 18.9. The zero-order chi connectivity index (χ0) is 28.3. The summed E-state index contributed by atoms with van der Waals surface area (Å²) in [4.78, 5) is 23.5. The molecule has 0 radical (unpaired) electrons. The van der Waals surface area contributed by atoms with Crippen molar-refractivity contribution in [2.24, 2.45) is 5.92 Å². The van der Waals surface area contributed by atoms with Crippen LogP contribution in [-0.4, -0.2) is 31.8 Å². The van der Waals surface area contributed by atoms with E-state index < -0.39 is 0 Å². The van der Waals surface area contributed by atoms with Crippen LogP contribution >= 0.6 is 0 Å². The van der Waals surface area contributed by atoms with Crippen molar-refractivity contribution in [2.45, 2.75) is 91.4 Å². The van der Waals surface area contributed by atoms with Crippen LogP contribution in [0.1, 0.15) is 102 Å². The molecular weight excluding hydrogens is 488 g/mol. The van der Waals surface area contributed by atoms with E-state index in [9.17, 15) is 9.59 Å². The number of carbonyl (C=O) groups is 2. The molecule has 39 heavy (non-hydrogen) atoms. The summed E-state index contributed by atoms with van der Waals surface area (Å²) in [7, 11) is 0. The third kappa shape index (κ3) is 13.5. The second-order valence-electron chi connectivity index (χ2n) is 10.5. The fraction of sp³-hybridized carbons (Fsp3) is 0.529. The van der Waals surface area contributed by atoms with Crippen LogP contribution in [0.2, 0.25) is 0 Å². The predicted molar refractivity (Wildman–Crippen MR) is 159 cm³/mol. The molecule has 0 spiro atoms. The molecule has 5 nitrogen and oxygen atoms in total. The van der Waals surface area contributed by atoms with E-state index >= 15 is 0 Å². The summed E-state index contributed by atoms with van der Waals surface area (Å²) < 4.78 is 16.4. The lowest BCUT2D eigenvalue weighted by molar-refractivity contribution is -0.139. The van der Waals surface area contributed by atoms with Crippen molar-refractivity contribution >= 4 is 11.9 Å². The molecule has 214 valence electrons. The zero-order valence-corrected chi connectivity index (χ0v) is 24.3. The minimum Gasteiger partial charge on any atom is -0.494 e. The Morgan fingerprint density at radius 1 is 0.718 bits per heavy atom. The van der Waals surface area contributed by atoms with Crippen LogP contribution in [0, 0.1) is 5.92 Å². The van der Waals surface area contributed by atoms with Crippen molar-refractivity contribution in [3.63, 3.8) is 0 Å². The highest BCUT2D eigenvalue weighted by Crippen LogP contribution is 2.23. The van der Waals surface area contributed by atoms with Gasteiger partial charge in [0.2, 0.25) is 0 Å². The maximum absolute atomic E-state index is 12.2. The molecule has 0 bridgehead atoms. The van der Waals surface area contributed by atoms with Gasteiger partial charge in [-0.15, -0.1) is 0 Å². The van der Waals surface area contributed by atoms with E-state index in [1.165, 1.54) is 44.9 Å². The van der Waals surface area contributed by atoms with Gasteiger partial charge in [-0.25, -0.2) is 9.59 Å². The second-order valence-corrected chi connectivity index (χ2v) is 10.5. The maximum Gasteiger partial charge on any atom is 0.338 e. The number of hydrogen-bond acceptors (Lipinski definition) is 5. The van der Waals surface area contributed by atoms with Gasteiger partial charge in [-0.1, -0.05) is 102 Å². The van der Waals surface area contributed by atoms with Gasteiger partial charge in [0.05, 0.1) is 25.4 Å². The number of unbranched alkanes of at least 4 members (excludes halogenated alkanes) is 9. The molecule has 0 heterocycles. The largest absolute Gasteiger partial charge is 0.494 e. The third-order valence-corrected chi connectivity index (χ3v) is 6.89. The summed E-state index contributed by atoms with van der Waals surface area (Å²) >= 11 is 0. The van der Waals surface area contributed by atoms with Crippen molar-refractivity contribution in [1.82, 2.24) is 0 Å². The Kier molecular flexibility index (Phi) is 15.7. The van der Waals surface area contributed by atoms with Gasteiger partial charge in [-0.2, -0.15) is 0 Å². The Morgan fingerprint density at radius 2 is 1.21 bits per heavy atom. The molecule has 0 fully saturated rings. The molecule has 0 amide bonds. The van der Waals surface area contributed by atoms with Crippen LogP contribution in [0.4, 0.5) is 0 Å². The molecule has 5 heteroatoms. The topological polar surface area (TPSA) is 61.8 Å². The third-order valence-electron chi connectivity index (χ3n) is 6.89. The van der Waals surface area contributed by atoms with Crippen molar-refractivity contribution < 1.29 is 23.8 Å². The average Bonchev–Trinajstić information content (AvgIpc) is 2.96. The summed E-state index contributed by atoms with van der Waals surface area (Å²) in [5, 5.41) is 0. The van der Waals surface area contributed by atoms with E-state index in [0.29, 0.717) is 30.3 Å². The molecule has 0 aromatic heterocycles. The second kappa shape index (κ2) is 19.1. The van der Waals surface area contributed by atoms with Gasteiger partial charge in [-0.05, 0) is 61.1 Å². The zero-order valence-electron chi connectivity index (χ0n) is 24.3. The molecule has 0 N–H and O–H groups in total. The molecule has 2 rings (SSSR count). The van der Waals surface area contributed by atoms with Crippen LogP contribution in [0.3, 0.4) is 0 Å². The molecule has 0 aliphatic rings. The van der Waals surface area contributed by atoms with Crippen molar-refractivity contribution in [2.75, 3.05) is 19.8 Å². The molecule has 1 atom stereocenters. The summed E-state index contributed by atoms with van der Waals surface area (Å²) in [6.07, 6.45) is 12.9. The van der Waals surface area contributed by atoms with Crippen LogP contribution < -0.4 is 4.74 Å². The number of ether oxygens (including phenoxy) is 3. The summed E-state index contributed by atoms with van der Waals surface area (Å²) in [5.74, 6) is 0.714. The number of carbonyl (C=O) groups excluding carboxylic acids is 2. The molecule has 2 aromatic rings. The standard InChI is InChI=1S/C34H48O5/c1-5-28(4)26-39-34(36)31-18-16-29(17-19-31)30-20-22-32(23-21-30)37-24-14-12-10-8-6-7-9-11-13-15-25-38-33(35)27(2)3/h16-23,28H,2,5-15,24-26H2,1,3-4H3/t28-/m0/s1. The SMILES string of the molecule is C=C(C)C(=O)OCCCCCCCCCCCCOc1ccc(-c2ccc(C(=O)OC[C@@H](C)CC)cc2)cc1. The molecule has 0 aliphatic heterocycles. The molecule has 2 aromatic carbocycles. The molecular formula is C34H48O5. The lowest BCUT2D eigenvalue weighted by atomic mass is 10.0. The molecule has 0 unspecified atom stereocenters. The van der Waals surface area contributed by atoms with E-state index in [1.54, 1.807) is 6.92 Å². The molecule has 0 aliphatic carbocycles. The Balaban J connectivity index is 1.51. The fourth-order valence-electron chi connectivity index (χ4n) is 4.06. The van der Waals surface area contributed by atoms with Crippen LogP contribution in [-0.2, 0) is 14.3 Å². The van der Waals surface area contributed by atoms with Gasteiger partial charge in [-0.3, -0.25) is 0 Å². The van der Waals surface area contributed by atoms with Gasteiger partial charge in [0.25, 0.3) is 0 Å². The summed E-state index contributed by atoms with van der Waals surface area (Å²) in [6, 6.07) is 15.7. The van der Waals surface area contributed by atoms with Crippen LogP contribution in [0.15, 0.2) is 60.7 Å². The minimum atomic E-state index is -0.283. The van der Waals surface area contributed by atoms with Crippen LogP contribution in [0.5, 0.6) is 5.75 Å². The summed E-state index contributed by atoms with van der Waals surface area (Å²) in [5.41, 5.74) is 3.20. The van der Waals surface area contributed by atoms with Gasteiger partial charge in [0.1, 0.15) is 5.75 Å². The first-order valence-corrected chi connectivity index (χ1v) is 14.7. The van der Waals surface area contributed by atoms with Gasteiger partial charge >= 0.3 is 11.9 Å². The van der Waals surface area contributed by atoms with Crippen molar-refractivity contribution in [3.8, 4) is 16.9 Å². The Labute approximate surface area is 235 Å². The van der Waals surface area contributed by atoms with Crippen LogP contribution in [0.25, 0.3) is 11.1 Å². The van der Waals surface area contributed by atoms with E-state index in [0.717, 1.165) is 49.2 Å². The van der Waals surface area contributed by atoms with Gasteiger partial charge in [0.15, 0.2) is 0 Å². The van der Waals surface area contributed by atoms with E-state index in [-0.39, 0.29) is 11.9 Å². The van der Waals surface area contributed by atoms with Gasteiger partial charge in [0, 0.05) is 5.57 Å².